The van der Waals surface area contributed by atoms with Crippen molar-refractivity contribution in [3.05, 3.63) is 27.8 Å². The Labute approximate surface area is 102 Å². The second-order valence-electron chi connectivity index (χ2n) is 4.45. The molecule has 0 heterocycles. The minimum atomic E-state index is 0.273. The first kappa shape index (κ1) is 13.3. The lowest BCUT2D eigenvalue weighted by Gasteiger charge is -2.16. The van der Waals surface area contributed by atoms with E-state index in [1.807, 2.05) is 26.8 Å². The second kappa shape index (κ2) is 5.55. The molecule has 90 valence electrons. The minimum Gasteiger partial charge on any atom is -0.507 e. The normalized spacial score (nSPS) is 11.1. The van der Waals surface area contributed by atoms with Crippen molar-refractivity contribution in [3.8, 4) is 5.75 Å². The molecule has 0 atom stereocenters. The van der Waals surface area contributed by atoms with E-state index in [0.717, 1.165) is 34.6 Å². The molecule has 3 heteroatoms. The third-order valence-electron chi connectivity index (χ3n) is 2.91. The summed E-state index contributed by atoms with van der Waals surface area (Å²) >= 11 is 6.17. The molecule has 0 aliphatic heterocycles. The highest BCUT2D eigenvalue weighted by atomic mass is 35.5. The Bertz CT molecular complexity index is 375. The molecule has 1 aromatic carbocycles. The van der Waals surface area contributed by atoms with E-state index in [-0.39, 0.29) is 5.92 Å². The molecule has 0 bridgehead atoms. The highest BCUT2D eigenvalue weighted by Crippen LogP contribution is 2.36. The van der Waals surface area contributed by atoms with E-state index >= 15 is 0 Å². The zero-order valence-corrected chi connectivity index (χ0v) is 10.9. The Kier molecular flexibility index (Phi) is 4.63. The van der Waals surface area contributed by atoms with Gasteiger partial charge in [-0.2, -0.15) is 0 Å². The number of benzene rings is 1. The van der Waals surface area contributed by atoms with Gasteiger partial charge in [-0.05, 0) is 55.0 Å². The summed E-state index contributed by atoms with van der Waals surface area (Å²) in [6.45, 7) is 6.67. The van der Waals surface area contributed by atoms with E-state index in [1.165, 1.54) is 0 Å². The van der Waals surface area contributed by atoms with Crippen LogP contribution in [0.3, 0.4) is 0 Å². The molecular formula is C13H20ClNO. The first-order valence-corrected chi connectivity index (χ1v) is 6.07. The molecule has 1 rings (SSSR count). The summed E-state index contributed by atoms with van der Waals surface area (Å²) in [7, 11) is 0. The van der Waals surface area contributed by atoms with Crippen LogP contribution >= 0.6 is 11.6 Å². The predicted octanol–water partition coefficient (Wildman–Crippen LogP) is 3.37. The topological polar surface area (TPSA) is 46.2 Å². The van der Waals surface area contributed by atoms with Crippen molar-refractivity contribution >= 4 is 11.6 Å². The number of aromatic hydroxyl groups is 1. The van der Waals surface area contributed by atoms with Gasteiger partial charge in [-0.15, -0.1) is 0 Å². The van der Waals surface area contributed by atoms with Gasteiger partial charge in [-0.25, -0.2) is 0 Å². The molecule has 0 unspecified atom stereocenters. The van der Waals surface area contributed by atoms with Gasteiger partial charge in [0.1, 0.15) is 5.75 Å². The SMILES string of the molecule is Cc1c(Cl)cc(C(C)C)c(O)c1CCCN. The quantitative estimate of drug-likeness (QED) is 0.849. The molecular weight excluding hydrogens is 222 g/mol. The van der Waals surface area contributed by atoms with Gasteiger partial charge < -0.3 is 10.8 Å². The van der Waals surface area contributed by atoms with Crippen LogP contribution < -0.4 is 5.73 Å². The highest BCUT2D eigenvalue weighted by molar-refractivity contribution is 6.31. The van der Waals surface area contributed by atoms with Crippen LogP contribution in [0.1, 0.15) is 42.9 Å². The molecule has 0 fully saturated rings. The summed E-state index contributed by atoms with van der Waals surface area (Å²) in [6.07, 6.45) is 1.65. The van der Waals surface area contributed by atoms with E-state index in [9.17, 15) is 5.11 Å². The summed E-state index contributed by atoms with van der Waals surface area (Å²) in [5.74, 6) is 0.667. The molecule has 0 radical (unpaired) electrons. The van der Waals surface area contributed by atoms with Crippen LogP contribution in [0.25, 0.3) is 0 Å². The summed E-state index contributed by atoms with van der Waals surface area (Å²) in [6, 6.07) is 1.86. The van der Waals surface area contributed by atoms with Crippen LogP contribution in [-0.2, 0) is 6.42 Å². The molecule has 0 saturated heterocycles. The van der Waals surface area contributed by atoms with Crippen molar-refractivity contribution in [2.45, 2.75) is 39.5 Å². The zero-order valence-electron chi connectivity index (χ0n) is 10.2. The third-order valence-corrected chi connectivity index (χ3v) is 3.30. The van der Waals surface area contributed by atoms with Gasteiger partial charge in [-0.1, -0.05) is 25.4 Å². The summed E-state index contributed by atoms with van der Waals surface area (Å²) in [5, 5.41) is 10.9. The molecule has 0 amide bonds. The van der Waals surface area contributed by atoms with Crippen molar-refractivity contribution in [1.29, 1.82) is 0 Å². The Morgan fingerprint density at radius 3 is 2.56 bits per heavy atom. The van der Waals surface area contributed by atoms with Gasteiger partial charge in [0, 0.05) is 5.02 Å². The number of phenolic OH excluding ortho intramolecular Hbond substituents is 1. The lowest BCUT2D eigenvalue weighted by molar-refractivity contribution is 0.456. The number of phenols is 1. The van der Waals surface area contributed by atoms with Crippen LogP contribution in [-0.4, -0.2) is 11.7 Å². The number of halogens is 1. The highest BCUT2D eigenvalue weighted by Gasteiger charge is 2.15. The minimum absolute atomic E-state index is 0.273. The molecule has 3 N–H and O–H groups in total. The smallest absolute Gasteiger partial charge is 0.122 e. The fourth-order valence-corrected chi connectivity index (χ4v) is 2.07. The fraction of sp³-hybridized carbons (Fsp3) is 0.538. The lowest BCUT2D eigenvalue weighted by atomic mass is 9.94. The van der Waals surface area contributed by atoms with E-state index in [4.69, 9.17) is 17.3 Å². The van der Waals surface area contributed by atoms with Gasteiger partial charge in [0.2, 0.25) is 0 Å². The van der Waals surface area contributed by atoms with Crippen molar-refractivity contribution in [2.24, 2.45) is 5.73 Å². The lowest BCUT2D eigenvalue weighted by Crippen LogP contribution is -2.03. The molecule has 2 nitrogen and oxygen atoms in total. The average Bonchev–Trinajstić information content (AvgIpc) is 2.23. The number of nitrogens with two attached hydrogens (primary N) is 1. The molecule has 0 aliphatic carbocycles. The van der Waals surface area contributed by atoms with Gasteiger partial charge >= 0.3 is 0 Å². The molecule has 16 heavy (non-hydrogen) atoms. The fourth-order valence-electron chi connectivity index (χ4n) is 1.83. The van der Waals surface area contributed by atoms with Gasteiger partial charge in [0.05, 0.1) is 0 Å². The van der Waals surface area contributed by atoms with Crippen LogP contribution in [0.15, 0.2) is 6.07 Å². The maximum absolute atomic E-state index is 10.2. The Hall–Kier alpha value is -0.730. The zero-order chi connectivity index (χ0) is 12.3. The molecule has 0 aliphatic rings. The van der Waals surface area contributed by atoms with Gasteiger partial charge in [0.25, 0.3) is 0 Å². The first-order valence-electron chi connectivity index (χ1n) is 5.70. The van der Waals surface area contributed by atoms with Crippen molar-refractivity contribution in [3.63, 3.8) is 0 Å². The largest absolute Gasteiger partial charge is 0.507 e. The van der Waals surface area contributed by atoms with Gasteiger partial charge in [-0.3, -0.25) is 0 Å². The summed E-state index contributed by atoms with van der Waals surface area (Å²) in [5.41, 5.74) is 8.33. The average molecular weight is 242 g/mol. The Morgan fingerprint density at radius 2 is 2.06 bits per heavy atom. The predicted molar refractivity (Wildman–Crippen MR) is 69.3 cm³/mol. The molecule has 0 spiro atoms. The van der Waals surface area contributed by atoms with E-state index < -0.39 is 0 Å². The van der Waals surface area contributed by atoms with Crippen molar-refractivity contribution < 1.29 is 5.11 Å². The molecule has 0 aromatic heterocycles. The van der Waals surface area contributed by atoms with Crippen LogP contribution in [0.2, 0.25) is 5.02 Å². The number of hydrogen-bond donors (Lipinski definition) is 2. The number of hydrogen-bond acceptors (Lipinski definition) is 2. The van der Waals surface area contributed by atoms with Crippen molar-refractivity contribution in [2.75, 3.05) is 6.54 Å². The van der Waals surface area contributed by atoms with Crippen LogP contribution in [0.4, 0.5) is 0 Å². The maximum Gasteiger partial charge on any atom is 0.122 e. The Morgan fingerprint density at radius 1 is 1.44 bits per heavy atom. The second-order valence-corrected chi connectivity index (χ2v) is 4.85. The summed E-state index contributed by atoms with van der Waals surface area (Å²) in [4.78, 5) is 0. The monoisotopic (exact) mass is 241 g/mol. The van der Waals surface area contributed by atoms with E-state index in [2.05, 4.69) is 0 Å². The van der Waals surface area contributed by atoms with E-state index in [1.54, 1.807) is 0 Å². The number of rotatable bonds is 4. The molecule has 1 aromatic rings. The third kappa shape index (κ3) is 2.69. The first-order chi connectivity index (χ1) is 7.49. The Balaban J connectivity index is 3.22. The van der Waals surface area contributed by atoms with Crippen LogP contribution in [0, 0.1) is 6.92 Å². The standard InChI is InChI=1S/C13H20ClNO/c1-8(2)11-7-12(14)9(3)10(13(11)16)5-4-6-15/h7-8,16H,4-6,15H2,1-3H3. The summed E-state index contributed by atoms with van der Waals surface area (Å²) < 4.78 is 0. The van der Waals surface area contributed by atoms with Crippen molar-refractivity contribution in [1.82, 2.24) is 0 Å². The van der Waals surface area contributed by atoms with E-state index in [0.29, 0.717) is 12.3 Å². The molecule has 0 saturated carbocycles. The van der Waals surface area contributed by atoms with Crippen LogP contribution in [0.5, 0.6) is 5.75 Å². The van der Waals surface area contributed by atoms with Gasteiger partial charge in [0.15, 0.2) is 0 Å². The maximum atomic E-state index is 10.2.